The number of nitriles is 2. The third kappa shape index (κ3) is 1.46. The smallest absolute Gasteiger partial charge is 0.167 e. The molecule has 19 heavy (non-hydrogen) atoms. The molecule has 0 aliphatic heterocycles. The van der Waals surface area contributed by atoms with Crippen LogP contribution in [0.2, 0.25) is 0 Å². The molecule has 2 aliphatic carbocycles. The highest BCUT2D eigenvalue weighted by Crippen LogP contribution is 2.45. The van der Waals surface area contributed by atoms with Crippen molar-refractivity contribution in [1.82, 2.24) is 0 Å². The number of carbonyl (C=O) groups is 1. The first-order valence-electron chi connectivity index (χ1n) is 5.86. The van der Waals surface area contributed by atoms with Crippen molar-refractivity contribution in [3.8, 4) is 12.1 Å². The second kappa shape index (κ2) is 4.08. The molecule has 3 heteroatoms. The third-order valence-corrected chi connectivity index (χ3v) is 3.35. The Balaban J connectivity index is 2.43. The number of carbonyl (C=O) groups excluding carboxylic acids is 1. The van der Waals surface area contributed by atoms with Gasteiger partial charge in [-0.3, -0.25) is 4.79 Å². The van der Waals surface area contributed by atoms with Crippen LogP contribution in [0.3, 0.4) is 0 Å². The molecule has 0 aromatic heterocycles. The second-order valence-electron chi connectivity index (χ2n) is 4.34. The van der Waals surface area contributed by atoms with Crippen molar-refractivity contribution in [3.05, 3.63) is 58.7 Å². The topological polar surface area (TPSA) is 64.7 Å². The van der Waals surface area contributed by atoms with Crippen LogP contribution < -0.4 is 0 Å². The van der Waals surface area contributed by atoms with Gasteiger partial charge in [-0.25, -0.2) is 0 Å². The number of hydrogen-bond donors (Lipinski definition) is 0. The molecular weight excluding hydrogens is 236 g/mol. The van der Waals surface area contributed by atoms with Gasteiger partial charge in [-0.2, -0.15) is 10.5 Å². The summed E-state index contributed by atoms with van der Waals surface area (Å²) in [5.74, 6) is -0.0355. The number of benzene rings is 1. The maximum Gasteiger partial charge on any atom is 0.167 e. The van der Waals surface area contributed by atoms with Crippen LogP contribution in [0, 0.1) is 22.7 Å². The fraction of sp³-hybridized carbons (Fsp3) is 0.0625. The molecular formula is C16H8N2O. The Morgan fingerprint density at radius 3 is 2.47 bits per heavy atom. The zero-order valence-corrected chi connectivity index (χ0v) is 9.97. The summed E-state index contributed by atoms with van der Waals surface area (Å²) in [6.07, 6.45) is 4.04. The minimum atomic E-state index is -0.0355. The Morgan fingerprint density at radius 1 is 1.11 bits per heavy atom. The molecule has 1 aromatic rings. The van der Waals surface area contributed by atoms with E-state index in [1.54, 1.807) is 0 Å². The lowest BCUT2D eigenvalue weighted by molar-refractivity contribution is -0.114. The van der Waals surface area contributed by atoms with E-state index >= 15 is 0 Å². The van der Waals surface area contributed by atoms with Gasteiger partial charge in [0.05, 0.1) is 0 Å². The van der Waals surface area contributed by atoms with Gasteiger partial charge < -0.3 is 0 Å². The van der Waals surface area contributed by atoms with Crippen molar-refractivity contribution in [1.29, 1.82) is 10.5 Å². The Kier molecular flexibility index (Phi) is 2.41. The fourth-order valence-corrected chi connectivity index (χ4v) is 2.59. The average Bonchev–Trinajstić information content (AvgIpc) is 2.77. The van der Waals surface area contributed by atoms with E-state index in [2.05, 4.69) is 0 Å². The van der Waals surface area contributed by atoms with Gasteiger partial charge in [0.2, 0.25) is 0 Å². The highest BCUT2D eigenvalue weighted by Gasteiger charge is 2.32. The van der Waals surface area contributed by atoms with Crippen LogP contribution in [-0.2, 0) is 4.79 Å². The number of ketones is 1. The van der Waals surface area contributed by atoms with Gasteiger partial charge in [0, 0.05) is 17.6 Å². The summed E-state index contributed by atoms with van der Waals surface area (Å²) in [6.45, 7) is 0. The van der Waals surface area contributed by atoms with Crippen molar-refractivity contribution < 1.29 is 4.79 Å². The quantitative estimate of drug-likeness (QED) is 0.659. The van der Waals surface area contributed by atoms with Gasteiger partial charge in [-0.1, -0.05) is 36.4 Å². The Labute approximate surface area is 110 Å². The summed E-state index contributed by atoms with van der Waals surface area (Å²) in [6, 6.07) is 11.3. The Bertz CT molecular complexity index is 764. The second-order valence-corrected chi connectivity index (χ2v) is 4.34. The molecule has 0 fully saturated rings. The van der Waals surface area contributed by atoms with Crippen LogP contribution in [-0.4, -0.2) is 5.78 Å². The highest BCUT2D eigenvalue weighted by molar-refractivity contribution is 6.24. The zero-order chi connectivity index (χ0) is 13.4. The van der Waals surface area contributed by atoms with Crippen LogP contribution in [0.15, 0.2) is 47.6 Å². The summed E-state index contributed by atoms with van der Waals surface area (Å²) in [4.78, 5) is 12.1. The van der Waals surface area contributed by atoms with Crippen LogP contribution in [0.1, 0.15) is 17.5 Å². The lowest BCUT2D eigenvalue weighted by Crippen LogP contribution is -2.05. The van der Waals surface area contributed by atoms with Crippen molar-refractivity contribution >= 4 is 16.9 Å². The van der Waals surface area contributed by atoms with Gasteiger partial charge in [-0.05, 0) is 16.7 Å². The SMILES string of the molecule is N#CC(C#N)=C1C2=C(C=CCC2=O)c2ccccc21. The minimum Gasteiger partial charge on any atom is -0.294 e. The van der Waals surface area contributed by atoms with Gasteiger partial charge in [0.25, 0.3) is 0 Å². The summed E-state index contributed by atoms with van der Waals surface area (Å²) in [7, 11) is 0. The molecule has 88 valence electrons. The number of fused-ring (bicyclic) bond motifs is 2. The van der Waals surface area contributed by atoms with E-state index in [0.29, 0.717) is 17.6 Å². The van der Waals surface area contributed by atoms with Crippen molar-refractivity contribution in [2.75, 3.05) is 0 Å². The van der Waals surface area contributed by atoms with Crippen LogP contribution in [0.5, 0.6) is 0 Å². The number of hydrogen-bond acceptors (Lipinski definition) is 3. The van der Waals surface area contributed by atoms with Gasteiger partial charge >= 0.3 is 0 Å². The van der Waals surface area contributed by atoms with Crippen LogP contribution >= 0.6 is 0 Å². The number of rotatable bonds is 0. The standard InChI is InChI=1S/C16H8N2O/c17-8-10(9-18)15-12-5-2-1-4-11(12)13-6-3-7-14(19)16(13)15/h1-6H,7H2. The molecule has 2 aliphatic rings. The molecule has 0 unspecified atom stereocenters. The lowest BCUT2D eigenvalue weighted by Gasteiger charge is -2.08. The van der Waals surface area contributed by atoms with E-state index in [1.165, 1.54) is 0 Å². The predicted octanol–water partition coefficient (Wildman–Crippen LogP) is 2.78. The zero-order valence-electron chi connectivity index (χ0n) is 9.97. The molecule has 0 saturated carbocycles. The maximum atomic E-state index is 12.1. The molecule has 0 radical (unpaired) electrons. The normalized spacial score (nSPS) is 15.7. The Hall–Kier alpha value is -2.91. The van der Waals surface area contributed by atoms with Gasteiger partial charge in [0.1, 0.15) is 17.7 Å². The molecule has 0 N–H and O–H groups in total. The van der Waals surface area contributed by atoms with E-state index in [0.717, 1.165) is 16.7 Å². The molecule has 0 heterocycles. The van der Waals surface area contributed by atoms with E-state index in [4.69, 9.17) is 10.5 Å². The molecule has 0 spiro atoms. The number of allylic oxidation sites excluding steroid dienone is 6. The van der Waals surface area contributed by atoms with Crippen molar-refractivity contribution in [3.63, 3.8) is 0 Å². The highest BCUT2D eigenvalue weighted by atomic mass is 16.1. The Morgan fingerprint density at radius 2 is 1.79 bits per heavy atom. The molecule has 0 atom stereocenters. The van der Waals surface area contributed by atoms with E-state index in [9.17, 15) is 4.79 Å². The van der Waals surface area contributed by atoms with Crippen molar-refractivity contribution in [2.45, 2.75) is 6.42 Å². The van der Waals surface area contributed by atoms with Gasteiger partial charge in [-0.15, -0.1) is 0 Å². The summed E-state index contributed by atoms with van der Waals surface area (Å²) in [5.41, 5.74) is 3.54. The van der Waals surface area contributed by atoms with E-state index < -0.39 is 0 Å². The molecule has 0 saturated heterocycles. The number of nitrogens with zero attached hydrogens (tertiary/aromatic N) is 2. The minimum absolute atomic E-state index is 0.00102. The van der Waals surface area contributed by atoms with Crippen LogP contribution in [0.4, 0.5) is 0 Å². The molecule has 0 amide bonds. The average molecular weight is 244 g/mol. The summed E-state index contributed by atoms with van der Waals surface area (Å²) in [5, 5.41) is 18.2. The van der Waals surface area contributed by atoms with E-state index in [-0.39, 0.29) is 11.4 Å². The monoisotopic (exact) mass is 244 g/mol. The summed E-state index contributed by atoms with van der Waals surface area (Å²) >= 11 is 0. The first kappa shape index (κ1) is 11.2. The molecule has 1 aromatic carbocycles. The van der Waals surface area contributed by atoms with E-state index in [1.807, 2.05) is 48.6 Å². The fourth-order valence-electron chi connectivity index (χ4n) is 2.59. The largest absolute Gasteiger partial charge is 0.294 e. The first-order valence-corrected chi connectivity index (χ1v) is 5.86. The third-order valence-electron chi connectivity index (χ3n) is 3.35. The number of Topliss-reactive ketones (excluding diaryl/α,β-unsaturated/α-hetero) is 1. The van der Waals surface area contributed by atoms with Crippen LogP contribution in [0.25, 0.3) is 11.1 Å². The lowest BCUT2D eigenvalue weighted by atomic mass is 9.92. The molecule has 0 bridgehead atoms. The predicted molar refractivity (Wildman–Crippen MR) is 70.3 cm³/mol. The molecule has 3 rings (SSSR count). The van der Waals surface area contributed by atoms with Gasteiger partial charge in [0.15, 0.2) is 5.78 Å². The van der Waals surface area contributed by atoms with Crippen molar-refractivity contribution in [2.24, 2.45) is 0 Å². The summed E-state index contributed by atoms with van der Waals surface area (Å²) < 4.78 is 0. The first-order chi connectivity index (χ1) is 9.27. The molecule has 3 nitrogen and oxygen atoms in total. The maximum absolute atomic E-state index is 12.1.